The van der Waals surface area contributed by atoms with Crippen molar-refractivity contribution in [1.82, 2.24) is 0 Å². The molecule has 0 atom stereocenters. The van der Waals surface area contributed by atoms with E-state index in [0.717, 1.165) is 36.4 Å². The van der Waals surface area contributed by atoms with E-state index in [1.165, 1.54) is 24.3 Å². The van der Waals surface area contributed by atoms with Crippen LogP contribution in [0, 0.1) is 22.7 Å². The molecule has 0 saturated carbocycles. The molecule has 0 heterocycles. The molecular weight excluding hydrogens is 542 g/mol. The normalized spacial score (nSPS) is 14.6. The fourth-order valence-electron chi connectivity index (χ4n) is 4.60. The number of hydrogen-bond acceptors (Lipinski definition) is 6. The molecular formula is C28H10F6N2O4. The Morgan fingerprint density at radius 3 is 1.20 bits per heavy atom. The van der Waals surface area contributed by atoms with Gasteiger partial charge in [0.2, 0.25) is 0 Å². The predicted molar refractivity (Wildman–Crippen MR) is 126 cm³/mol. The first-order valence-corrected chi connectivity index (χ1v) is 11.1. The highest BCUT2D eigenvalue weighted by Crippen LogP contribution is 2.43. The van der Waals surface area contributed by atoms with Gasteiger partial charge in [0.05, 0.1) is 11.1 Å². The minimum absolute atomic E-state index is 0.00192. The molecule has 0 spiro atoms. The highest BCUT2D eigenvalue weighted by atomic mass is 19.4. The molecule has 3 aromatic rings. The van der Waals surface area contributed by atoms with E-state index >= 15 is 0 Å². The summed E-state index contributed by atoms with van der Waals surface area (Å²) < 4.78 is 83.6. The number of nitriles is 2. The van der Waals surface area contributed by atoms with Gasteiger partial charge < -0.3 is 9.47 Å². The third kappa shape index (κ3) is 4.56. The predicted octanol–water partition coefficient (Wildman–Crippen LogP) is 6.75. The van der Waals surface area contributed by atoms with Crippen LogP contribution >= 0.6 is 0 Å². The Bertz CT molecular complexity index is 1640. The van der Waals surface area contributed by atoms with E-state index in [1.54, 1.807) is 0 Å². The smallest absolute Gasteiger partial charge is 0.406 e. The zero-order chi connectivity index (χ0) is 29.0. The highest BCUT2D eigenvalue weighted by Gasteiger charge is 2.36. The number of ketones is 2. The van der Waals surface area contributed by atoms with Crippen molar-refractivity contribution in [2.75, 3.05) is 0 Å². The standard InChI is InChI=1S/C28H10F6N2O4/c29-27(30,31)39-15-5-7-17-19(9-15)21(11-35)23(25(17)37)13-1-2-14(4-3-13)24-22(12-36)20-10-16(40-28(32,33)34)6-8-18(20)26(24)38/h1-10H. The Morgan fingerprint density at radius 1 is 0.550 bits per heavy atom. The Labute approximate surface area is 220 Å². The van der Waals surface area contributed by atoms with Crippen LogP contribution in [0.3, 0.4) is 0 Å². The summed E-state index contributed by atoms with van der Waals surface area (Å²) in [5.74, 6) is -2.45. The molecule has 0 amide bonds. The van der Waals surface area contributed by atoms with Crippen molar-refractivity contribution in [2.24, 2.45) is 0 Å². The summed E-state index contributed by atoms with van der Waals surface area (Å²) in [6.45, 7) is 0. The molecule has 0 unspecified atom stereocenters. The van der Waals surface area contributed by atoms with Crippen molar-refractivity contribution in [3.8, 4) is 23.6 Å². The quantitative estimate of drug-likeness (QED) is 0.332. The van der Waals surface area contributed by atoms with E-state index in [0.29, 0.717) is 0 Å². The van der Waals surface area contributed by atoms with Crippen molar-refractivity contribution in [2.45, 2.75) is 12.7 Å². The zero-order valence-corrected chi connectivity index (χ0v) is 19.6. The van der Waals surface area contributed by atoms with E-state index in [2.05, 4.69) is 9.47 Å². The monoisotopic (exact) mass is 552 g/mol. The molecule has 0 N–H and O–H groups in total. The third-order valence-corrected chi connectivity index (χ3v) is 6.12. The minimum Gasteiger partial charge on any atom is -0.406 e. The van der Waals surface area contributed by atoms with Crippen LogP contribution < -0.4 is 9.47 Å². The molecule has 0 aliphatic heterocycles. The molecule has 0 saturated heterocycles. The van der Waals surface area contributed by atoms with Gasteiger partial charge in [-0.3, -0.25) is 9.59 Å². The van der Waals surface area contributed by atoms with Gasteiger partial charge >= 0.3 is 12.7 Å². The molecule has 0 radical (unpaired) electrons. The number of rotatable bonds is 4. The first-order valence-electron chi connectivity index (χ1n) is 11.1. The molecule has 5 rings (SSSR count). The second kappa shape index (κ2) is 9.13. The number of fused-ring (bicyclic) bond motifs is 2. The average Bonchev–Trinajstić information content (AvgIpc) is 3.31. The van der Waals surface area contributed by atoms with Crippen molar-refractivity contribution >= 4 is 33.9 Å². The lowest BCUT2D eigenvalue weighted by molar-refractivity contribution is -0.275. The van der Waals surface area contributed by atoms with Gasteiger partial charge in [-0.05, 0) is 47.5 Å². The van der Waals surface area contributed by atoms with Crippen molar-refractivity contribution in [3.63, 3.8) is 0 Å². The van der Waals surface area contributed by atoms with E-state index in [9.17, 15) is 46.5 Å². The fourth-order valence-corrected chi connectivity index (χ4v) is 4.60. The maximum Gasteiger partial charge on any atom is 0.573 e. The number of alkyl halides is 6. The molecule has 0 bridgehead atoms. The first kappa shape index (κ1) is 26.3. The fraction of sp³-hybridized carbons (Fsp3) is 0.0714. The Hall–Kier alpha value is -5.36. The first-order chi connectivity index (χ1) is 18.8. The number of benzene rings is 3. The number of carbonyl (C=O) groups is 2. The highest BCUT2D eigenvalue weighted by molar-refractivity contribution is 6.42. The minimum atomic E-state index is -4.98. The number of allylic oxidation sites excluding steroid dienone is 4. The Balaban J connectivity index is 1.53. The summed E-state index contributed by atoms with van der Waals surface area (Å²) >= 11 is 0. The zero-order valence-electron chi connectivity index (χ0n) is 19.6. The molecule has 2 aliphatic rings. The maximum atomic E-state index is 13.1. The van der Waals surface area contributed by atoms with Crippen molar-refractivity contribution in [3.05, 3.63) is 94.0 Å². The van der Waals surface area contributed by atoms with Gasteiger partial charge in [-0.1, -0.05) is 24.3 Å². The number of ether oxygens (including phenoxy) is 2. The van der Waals surface area contributed by atoms with E-state index in [-0.39, 0.29) is 55.7 Å². The van der Waals surface area contributed by atoms with Crippen molar-refractivity contribution in [1.29, 1.82) is 10.5 Å². The maximum absolute atomic E-state index is 13.1. The van der Waals surface area contributed by atoms with E-state index in [1.807, 2.05) is 12.1 Å². The lowest BCUT2D eigenvalue weighted by Crippen LogP contribution is -2.17. The number of hydrogen-bond donors (Lipinski definition) is 0. The van der Waals surface area contributed by atoms with E-state index < -0.39 is 35.8 Å². The van der Waals surface area contributed by atoms with Crippen molar-refractivity contribution < 1.29 is 45.4 Å². The largest absolute Gasteiger partial charge is 0.573 e. The summed E-state index contributed by atoms with van der Waals surface area (Å²) in [6.07, 6.45) is -9.96. The topological polar surface area (TPSA) is 100 Å². The molecule has 0 aromatic heterocycles. The molecule has 2 aliphatic carbocycles. The van der Waals surface area contributed by atoms with Crippen LogP contribution in [-0.2, 0) is 0 Å². The van der Waals surface area contributed by atoms with Gasteiger partial charge in [0.15, 0.2) is 11.6 Å². The van der Waals surface area contributed by atoms with Gasteiger partial charge in [-0.2, -0.15) is 10.5 Å². The van der Waals surface area contributed by atoms with Gasteiger partial charge in [0.25, 0.3) is 0 Å². The van der Waals surface area contributed by atoms with Crippen LogP contribution in [0.1, 0.15) is 43.0 Å². The third-order valence-electron chi connectivity index (χ3n) is 6.12. The second-order valence-electron chi connectivity index (χ2n) is 8.47. The molecule has 12 heteroatoms. The van der Waals surface area contributed by atoms with Crippen LogP contribution in [0.15, 0.2) is 60.7 Å². The number of Topliss-reactive ketones (excluding diaryl/α,β-unsaturated/α-hetero) is 2. The van der Waals surface area contributed by atoms with E-state index in [4.69, 9.17) is 0 Å². The average molecular weight is 552 g/mol. The molecule has 40 heavy (non-hydrogen) atoms. The summed E-state index contributed by atoms with van der Waals surface area (Å²) in [4.78, 5) is 26.1. The lowest BCUT2D eigenvalue weighted by atomic mass is 9.95. The summed E-state index contributed by atoms with van der Waals surface area (Å²) in [5, 5.41) is 19.4. The summed E-state index contributed by atoms with van der Waals surface area (Å²) in [5.41, 5.74) is -0.198. The Kier molecular flexibility index (Phi) is 6.00. The number of nitrogens with zero attached hydrogens (tertiary/aromatic N) is 2. The Morgan fingerprint density at radius 2 is 0.900 bits per heavy atom. The van der Waals surface area contributed by atoms with Gasteiger partial charge in [-0.15, -0.1) is 26.3 Å². The molecule has 198 valence electrons. The van der Waals surface area contributed by atoms with Crippen LogP contribution in [0.4, 0.5) is 26.3 Å². The number of carbonyl (C=O) groups excluding carboxylic acids is 2. The van der Waals surface area contributed by atoms with Crippen LogP contribution in [0.5, 0.6) is 11.5 Å². The van der Waals surface area contributed by atoms with Crippen LogP contribution in [-0.4, -0.2) is 24.3 Å². The van der Waals surface area contributed by atoms with Crippen LogP contribution in [0.25, 0.3) is 22.3 Å². The summed E-state index contributed by atoms with van der Waals surface area (Å²) in [7, 11) is 0. The number of halogens is 6. The summed E-state index contributed by atoms with van der Waals surface area (Å²) in [6, 6.07) is 15.2. The van der Waals surface area contributed by atoms with Gasteiger partial charge in [0.1, 0.15) is 23.6 Å². The molecule has 3 aromatic carbocycles. The second-order valence-corrected chi connectivity index (χ2v) is 8.47. The SMILES string of the molecule is N#CC1=C(c2ccc(C3=C(C#N)c4cc(OC(F)(F)F)ccc4C3=O)cc2)C(=O)c2ccc(OC(F)(F)F)cc21. The van der Waals surface area contributed by atoms with Gasteiger partial charge in [0, 0.05) is 33.4 Å². The molecule has 0 fully saturated rings. The lowest BCUT2D eigenvalue weighted by Gasteiger charge is -2.09. The van der Waals surface area contributed by atoms with Crippen LogP contribution in [0.2, 0.25) is 0 Å². The molecule has 6 nitrogen and oxygen atoms in total. The van der Waals surface area contributed by atoms with Gasteiger partial charge in [-0.25, -0.2) is 0 Å².